The maximum Gasteiger partial charge on any atom is 0.140 e. The van der Waals surface area contributed by atoms with Crippen molar-refractivity contribution in [2.75, 3.05) is 25.0 Å². The third-order valence-corrected chi connectivity index (χ3v) is 7.56. The molecule has 34 heavy (non-hydrogen) atoms. The predicted molar refractivity (Wildman–Crippen MR) is 136 cm³/mol. The van der Waals surface area contributed by atoms with Gasteiger partial charge in [-0.1, -0.05) is 30.3 Å². The highest BCUT2D eigenvalue weighted by atomic mass is 32.1. The van der Waals surface area contributed by atoms with Gasteiger partial charge < -0.3 is 15.5 Å². The Labute approximate surface area is 200 Å². The molecule has 1 saturated heterocycles. The minimum absolute atomic E-state index is 0.192. The highest BCUT2D eigenvalue weighted by molar-refractivity contribution is 7.23. The van der Waals surface area contributed by atoms with Crippen LogP contribution in [0.15, 0.2) is 71.7 Å². The van der Waals surface area contributed by atoms with E-state index >= 15 is 0 Å². The van der Waals surface area contributed by atoms with Crippen molar-refractivity contribution in [1.29, 1.82) is 0 Å². The van der Waals surface area contributed by atoms with Crippen LogP contribution in [-0.2, 0) is 6.42 Å². The van der Waals surface area contributed by atoms with E-state index in [4.69, 9.17) is 4.99 Å². The highest BCUT2D eigenvalue weighted by Gasteiger charge is 2.29. The lowest BCUT2D eigenvalue weighted by Crippen LogP contribution is -2.52. The van der Waals surface area contributed by atoms with Gasteiger partial charge >= 0.3 is 0 Å². The molecule has 4 nitrogen and oxygen atoms in total. The van der Waals surface area contributed by atoms with Crippen LogP contribution in [0.4, 0.5) is 25.2 Å². The van der Waals surface area contributed by atoms with Crippen molar-refractivity contribution in [1.82, 2.24) is 10.2 Å². The Balaban J connectivity index is 1.34. The van der Waals surface area contributed by atoms with E-state index in [1.165, 1.54) is 22.9 Å². The molecule has 4 aromatic rings. The topological polar surface area (TPSA) is 39.7 Å². The van der Waals surface area contributed by atoms with Crippen LogP contribution in [0.3, 0.4) is 0 Å². The maximum absolute atomic E-state index is 14.0. The average molecular weight is 475 g/mol. The molecule has 2 aliphatic heterocycles. The van der Waals surface area contributed by atoms with E-state index in [-0.39, 0.29) is 17.7 Å². The first kappa shape index (κ1) is 21.3. The third kappa shape index (κ3) is 4.06. The van der Waals surface area contributed by atoms with Crippen molar-refractivity contribution < 1.29 is 8.78 Å². The number of aryl methyl sites for hydroxylation is 1. The van der Waals surface area contributed by atoms with Gasteiger partial charge in [-0.15, -0.1) is 11.3 Å². The number of amidine groups is 1. The second-order valence-electron chi connectivity index (χ2n) is 8.79. The molecule has 0 amide bonds. The van der Waals surface area contributed by atoms with Gasteiger partial charge in [0.15, 0.2) is 0 Å². The van der Waals surface area contributed by atoms with Crippen molar-refractivity contribution >= 4 is 43.6 Å². The summed E-state index contributed by atoms with van der Waals surface area (Å²) in [7, 11) is 0. The molecule has 2 N–H and O–H groups in total. The van der Waals surface area contributed by atoms with Crippen LogP contribution in [0, 0.1) is 11.6 Å². The number of nitrogens with one attached hydrogen (secondary N) is 2. The number of anilines is 2. The number of fused-ring (bicyclic) bond motifs is 4. The van der Waals surface area contributed by atoms with Crippen molar-refractivity contribution in [2.45, 2.75) is 18.9 Å². The van der Waals surface area contributed by atoms with Crippen LogP contribution in [0.25, 0.3) is 10.1 Å². The van der Waals surface area contributed by atoms with E-state index in [1.807, 2.05) is 18.2 Å². The molecule has 0 spiro atoms. The molecule has 3 heterocycles. The minimum atomic E-state index is -0.285. The van der Waals surface area contributed by atoms with Crippen molar-refractivity contribution in [3.8, 4) is 0 Å². The summed E-state index contributed by atoms with van der Waals surface area (Å²) in [5.41, 5.74) is 3.50. The van der Waals surface area contributed by atoms with Crippen molar-refractivity contribution in [2.24, 2.45) is 4.99 Å². The number of hydrogen-bond acceptors (Lipinski definition) is 5. The van der Waals surface area contributed by atoms with Gasteiger partial charge in [0.1, 0.15) is 22.5 Å². The van der Waals surface area contributed by atoms with Gasteiger partial charge in [0.2, 0.25) is 0 Å². The minimum Gasteiger partial charge on any atom is -0.353 e. The zero-order chi connectivity index (χ0) is 23.1. The molecule has 6 rings (SSSR count). The fourth-order valence-corrected chi connectivity index (χ4v) is 5.94. The van der Waals surface area contributed by atoms with Crippen molar-refractivity contribution in [3.05, 3.63) is 89.5 Å². The zero-order valence-corrected chi connectivity index (χ0v) is 19.3. The van der Waals surface area contributed by atoms with E-state index in [2.05, 4.69) is 27.7 Å². The summed E-state index contributed by atoms with van der Waals surface area (Å²) in [6.07, 6.45) is 1.72. The number of hydrogen-bond donors (Lipinski definition) is 2. The molecule has 1 unspecified atom stereocenters. The maximum atomic E-state index is 14.0. The standard InChI is InChI=1S/C27H24F2N4S/c28-18-5-3-4-17(14-18)8-10-20-16-33(13-12-30-20)26-25-21-6-1-2-7-24(21)34-27(25)32-23-15-19(29)9-11-22(23)31-26/h1-7,9,11,14-15,20,30,32H,8,10,12-13,16H2. The van der Waals surface area contributed by atoms with Gasteiger partial charge in [0.05, 0.1) is 16.9 Å². The quantitative estimate of drug-likeness (QED) is 0.370. The molecule has 2 aliphatic rings. The van der Waals surface area contributed by atoms with Gasteiger partial charge in [-0.25, -0.2) is 13.8 Å². The van der Waals surface area contributed by atoms with Crippen LogP contribution in [0.1, 0.15) is 17.5 Å². The summed E-state index contributed by atoms with van der Waals surface area (Å²) in [4.78, 5) is 7.41. The summed E-state index contributed by atoms with van der Waals surface area (Å²) in [5, 5.41) is 9.20. The Hall–Kier alpha value is -3.29. The van der Waals surface area contributed by atoms with E-state index in [9.17, 15) is 8.78 Å². The smallest absolute Gasteiger partial charge is 0.140 e. The van der Waals surface area contributed by atoms with Crippen LogP contribution >= 0.6 is 11.3 Å². The monoisotopic (exact) mass is 474 g/mol. The fourth-order valence-electron chi connectivity index (χ4n) is 4.83. The number of halogens is 2. The lowest BCUT2D eigenvalue weighted by molar-refractivity contribution is 0.282. The molecule has 3 aromatic carbocycles. The van der Waals surface area contributed by atoms with Gasteiger partial charge in [-0.3, -0.25) is 0 Å². The SMILES string of the molecule is Fc1cccc(CCC2CN(C3=Nc4ccc(F)cc4Nc4sc5ccccc5c43)CCN2)c1. The van der Waals surface area contributed by atoms with E-state index in [1.54, 1.807) is 29.5 Å². The third-order valence-electron chi connectivity index (χ3n) is 6.48. The van der Waals surface area contributed by atoms with Crippen LogP contribution in [-0.4, -0.2) is 36.4 Å². The van der Waals surface area contributed by atoms with Crippen LogP contribution < -0.4 is 10.6 Å². The zero-order valence-electron chi connectivity index (χ0n) is 18.5. The Morgan fingerprint density at radius 3 is 2.79 bits per heavy atom. The Morgan fingerprint density at radius 1 is 1.00 bits per heavy atom. The fraction of sp³-hybridized carbons (Fsp3) is 0.222. The van der Waals surface area contributed by atoms with E-state index in [0.29, 0.717) is 5.69 Å². The lowest BCUT2D eigenvalue weighted by atomic mass is 10.0. The average Bonchev–Trinajstić information content (AvgIpc) is 3.12. The number of nitrogens with zero attached hydrogens (tertiary/aromatic N) is 2. The van der Waals surface area contributed by atoms with Crippen molar-refractivity contribution in [3.63, 3.8) is 0 Å². The van der Waals surface area contributed by atoms with Crippen LogP contribution in [0.2, 0.25) is 0 Å². The molecule has 0 bridgehead atoms. The summed E-state index contributed by atoms with van der Waals surface area (Å²) >= 11 is 1.67. The molecule has 0 radical (unpaired) electrons. The molecule has 1 aromatic heterocycles. The molecule has 1 atom stereocenters. The summed E-state index contributed by atoms with van der Waals surface area (Å²) < 4.78 is 28.8. The second-order valence-corrected chi connectivity index (χ2v) is 9.84. The molecular formula is C27H24F2N4S. The summed E-state index contributed by atoms with van der Waals surface area (Å²) in [5.74, 6) is 0.442. The molecule has 172 valence electrons. The lowest BCUT2D eigenvalue weighted by Gasteiger charge is -2.36. The first-order valence-electron chi connectivity index (χ1n) is 11.5. The largest absolute Gasteiger partial charge is 0.353 e. The number of rotatable bonds is 3. The Morgan fingerprint density at radius 2 is 1.88 bits per heavy atom. The second kappa shape index (κ2) is 8.81. The molecule has 0 aliphatic carbocycles. The number of piperazine rings is 1. The molecular weight excluding hydrogens is 450 g/mol. The molecule has 7 heteroatoms. The molecule has 1 fully saturated rings. The van der Waals surface area contributed by atoms with Crippen LogP contribution in [0.5, 0.6) is 0 Å². The first-order valence-corrected chi connectivity index (χ1v) is 12.4. The molecule has 0 saturated carbocycles. The van der Waals surface area contributed by atoms with Gasteiger partial charge in [-0.05, 0) is 54.8 Å². The van der Waals surface area contributed by atoms with E-state index in [0.717, 1.165) is 65.5 Å². The van der Waals surface area contributed by atoms with Gasteiger partial charge in [0, 0.05) is 35.8 Å². The van der Waals surface area contributed by atoms with Gasteiger partial charge in [-0.2, -0.15) is 0 Å². The highest BCUT2D eigenvalue weighted by Crippen LogP contribution is 2.43. The van der Waals surface area contributed by atoms with Gasteiger partial charge in [0.25, 0.3) is 0 Å². The number of aliphatic imine (C=N–C) groups is 1. The number of thiophene rings is 1. The first-order chi connectivity index (χ1) is 16.6. The number of benzene rings is 3. The summed E-state index contributed by atoms with van der Waals surface area (Å²) in [6, 6.07) is 20.1. The van der Waals surface area contributed by atoms with E-state index < -0.39 is 0 Å². The normalized spacial score (nSPS) is 17.5. The Kier molecular flexibility index (Phi) is 5.51. The predicted octanol–water partition coefficient (Wildman–Crippen LogP) is 6.22. The summed E-state index contributed by atoms with van der Waals surface area (Å²) in [6.45, 7) is 2.47. The Bertz CT molecular complexity index is 1400.